The molecule has 7 atom stereocenters. The molecular weight excluding hydrogens is 364 g/mol. The smallest absolute Gasteiger partial charge is 0.190 e. The Morgan fingerprint density at radius 3 is 2.79 bits per heavy atom. The molecule has 3 aliphatic heterocycles. The van der Waals surface area contributed by atoms with Gasteiger partial charge in [0, 0.05) is 6.61 Å². The summed E-state index contributed by atoms with van der Waals surface area (Å²) >= 11 is 0. The zero-order valence-electron chi connectivity index (χ0n) is 17.4. The molecule has 3 aliphatic rings. The molecule has 1 aromatic carbocycles. The second-order valence-corrected chi connectivity index (χ2v) is 7.89. The Labute approximate surface area is 167 Å². The van der Waals surface area contributed by atoms with E-state index in [4.69, 9.17) is 29.8 Å². The van der Waals surface area contributed by atoms with Crippen LogP contribution in [0.3, 0.4) is 0 Å². The minimum absolute atomic E-state index is 0.334. The zero-order chi connectivity index (χ0) is 20.4. The molecule has 0 saturated carbocycles. The summed E-state index contributed by atoms with van der Waals surface area (Å²) in [6.45, 7) is 3.34. The van der Waals surface area contributed by atoms with Crippen molar-refractivity contribution >= 4 is 0 Å². The van der Waals surface area contributed by atoms with Crippen molar-refractivity contribution in [2.24, 2.45) is 0 Å². The molecule has 4 rings (SSSR count). The number of rotatable bonds is 7. The topological polar surface area (TPSA) is 75.6 Å². The third-order valence-electron chi connectivity index (χ3n) is 5.16. The van der Waals surface area contributed by atoms with Crippen LogP contribution in [0.5, 0.6) is 0 Å². The maximum absolute atomic E-state index is 10.8. The Hall–Kier alpha value is -1.06. The highest BCUT2D eigenvalue weighted by Crippen LogP contribution is 2.40. The van der Waals surface area contributed by atoms with Crippen molar-refractivity contribution in [3.8, 4) is 0 Å². The van der Waals surface area contributed by atoms with Crippen LogP contribution in [0, 0.1) is 0 Å². The van der Waals surface area contributed by atoms with E-state index in [0.717, 1.165) is 18.4 Å². The van der Waals surface area contributed by atoms with Gasteiger partial charge in [-0.3, -0.25) is 0 Å². The van der Waals surface area contributed by atoms with Crippen LogP contribution in [-0.4, -0.2) is 61.1 Å². The first-order chi connectivity index (χ1) is 13.9. The van der Waals surface area contributed by atoms with Gasteiger partial charge in [-0.25, -0.2) is 0 Å². The number of hydrogen-bond acceptors (Lipinski definition) is 7. The van der Waals surface area contributed by atoms with Crippen LogP contribution in [0.25, 0.3) is 0 Å². The van der Waals surface area contributed by atoms with Gasteiger partial charge in [-0.2, -0.15) is 0 Å². The molecule has 0 amide bonds. The second-order valence-electron chi connectivity index (χ2n) is 7.89. The predicted molar refractivity (Wildman–Crippen MR) is 99.3 cm³/mol. The lowest BCUT2D eigenvalue weighted by Gasteiger charge is -2.30. The van der Waals surface area contributed by atoms with E-state index >= 15 is 0 Å². The van der Waals surface area contributed by atoms with Crippen LogP contribution in [0.4, 0.5) is 0 Å². The van der Waals surface area contributed by atoms with Crippen LogP contribution >= 0.6 is 0 Å². The SMILES string of the molecule is [2H][C@@H](OC1CCCCO1)[C@@H](O)[C@H]1O[C@@H]2OC(C)(C)O[C@@H]2[C@H]1OCc1ccccc1. The highest BCUT2D eigenvalue weighted by Gasteiger charge is 2.57. The van der Waals surface area contributed by atoms with E-state index in [1.54, 1.807) is 0 Å². The fourth-order valence-corrected chi connectivity index (χ4v) is 3.80. The molecule has 7 heteroatoms. The van der Waals surface area contributed by atoms with Gasteiger partial charge in [0.2, 0.25) is 0 Å². The first kappa shape index (κ1) is 18.9. The summed E-state index contributed by atoms with van der Waals surface area (Å²) in [6.07, 6.45) is -1.59. The second kappa shape index (κ2) is 8.75. The van der Waals surface area contributed by atoms with Gasteiger partial charge < -0.3 is 33.5 Å². The highest BCUT2D eigenvalue weighted by molar-refractivity contribution is 5.13. The van der Waals surface area contributed by atoms with Crippen LogP contribution in [0.15, 0.2) is 30.3 Å². The Balaban J connectivity index is 1.43. The number of hydrogen-bond donors (Lipinski definition) is 1. The van der Waals surface area contributed by atoms with Crippen molar-refractivity contribution in [2.45, 2.75) is 82.5 Å². The number of benzene rings is 1. The molecule has 0 radical (unpaired) electrons. The monoisotopic (exact) mass is 395 g/mol. The van der Waals surface area contributed by atoms with E-state index in [0.29, 0.717) is 19.6 Å². The lowest BCUT2D eigenvalue weighted by Crippen LogP contribution is -2.45. The Morgan fingerprint density at radius 1 is 1.21 bits per heavy atom. The Kier molecular flexibility index (Phi) is 5.92. The zero-order valence-corrected chi connectivity index (χ0v) is 16.4. The fourth-order valence-electron chi connectivity index (χ4n) is 3.80. The minimum atomic E-state index is -1.23. The highest BCUT2D eigenvalue weighted by atomic mass is 16.8. The van der Waals surface area contributed by atoms with Crippen molar-refractivity contribution < 1.29 is 34.9 Å². The number of ether oxygens (including phenoxy) is 6. The number of aliphatic hydroxyl groups is 1. The molecule has 0 aromatic heterocycles. The minimum Gasteiger partial charge on any atom is -0.388 e. The fraction of sp³-hybridized carbons (Fsp3) is 0.714. The average molecular weight is 395 g/mol. The maximum Gasteiger partial charge on any atom is 0.190 e. The van der Waals surface area contributed by atoms with Gasteiger partial charge in [-0.05, 0) is 38.7 Å². The van der Waals surface area contributed by atoms with E-state index in [1.807, 2.05) is 44.2 Å². The molecule has 3 heterocycles. The quantitative estimate of drug-likeness (QED) is 0.759. The van der Waals surface area contributed by atoms with E-state index in [1.165, 1.54) is 0 Å². The largest absolute Gasteiger partial charge is 0.388 e. The maximum atomic E-state index is 10.8. The number of aliphatic hydroxyl groups excluding tert-OH is 1. The van der Waals surface area contributed by atoms with Gasteiger partial charge in [0.25, 0.3) is 0 Å². The molecule has 3 saturated heterocycles. The Morgan fingerprint density at radius 2 is 2.04 bits per heavy atom. The lowest BCUT2D eigenvalue weighted by molar-refractivity contribution is -0.240. The first-order valence-electron chi connectivity index (χ1n) is 10.5. The van der Waals surface area contributed by atoms with Crippen LogP contribution < -0.4 is 0 Å². The normalized spacial score (nSPS) is 37.2. The van der Waals surface area contributed by atoms with Gasteiger partial charge in [-0.15, -0.1) is 0 Å². The van der Waals surface area contributed by atoms with E-state index < -0.39 is 49.4 Å². The van der Waals surface area contributed by atoms with Crippen molar-refractivity contribution in [1.29, 1.82) is 0 Å². The summed E-state index contributed by atoms with van der Waals surface area (Å²) in [4.78, 5) is 0. The first-order valence-corrected chi connectivity index (χ1v) is 9.97. The van der Waals surface area contributed by atoms with E-state index in [2.05, 4.69) is 0 Å². The molecule has 1 unspecified atom stereocenters. The van der Waals surface area contributed by atoms with Crippen molar-refractivity contribution in [3.63, 3.8) is 0 Å². The third kappa shape index (κ3) is 4.74. The molecule has 3 fully saturated rings. The van der Waals surface area contributed by atoms with Crippen molar-refractivity contribution in [2.75, 3.05) is 13.2 Å². The summed E-state index contributed by atoms with van der Waals surface area (Å²) < 4.78 is 43.2. The van der Waals surface area contributed by atoms with Crippen LogP contribution in [0.1, 0.15) is 40.0 Å². The predicted octanol–water partition coefficient (Wildman–Crippen LogP) is 2.35. The molecule has 0 bridgehead atoms. The standard InChI is InChI=1S/C21H30O7/c1-21(2)27-19-18(25-12-14-8-4-3-5-9-14)17(26-20(19)28-21)15(22)13-24-16-10-6-7-11-23-16/h3-5,8-9,15-20,22H,6-7,10-13H2,1-2H3/t15-,16?,17-,18+,19-,20-/m1/s1/i13D/t13-,15-,16?,17-,18+,19-,20-. The van der Waals surface area contributed by atoms with Gasteiger partial charge in [0.1, 0.15) is 24.4 Å². The molecule has 0 aliphatic carbocycles. The molecule has 1 N–H and O–H groups in total. The van der Waals surface area contributed by atoms with Gasteiger partial charge in [-0.1, -0.05) is 30.3 Å². The lowest BCUT2D eigenvalue weighted by atomic mass is 10.1. The molecular formula is C21H30O7. The summed E-state index contributed by atoms with van der Waals surface area (Å²) in [7, 11) is 0. The van der Waals surface area contributed by atoms with Crippen LogP contribution in [0.2, 0.25) is 0 Å². The van der Waals surface area contributed by atoms with Gasteiger partial charge in [0.15, 0.2) is 18.4 Å². The summed E-state index contributed by atoms with van der Waals surface area (Å²) in [5.74, 6) is -0.799. The molecule has 0 spiro atoms. The molecule has 7 nitrogen and oxygen atoms in total. The summed E-state index contributed by atoms with van der Waals surface area (Å²) in [5, 5.41) is 10.8. The van der Waals surface area contributed by atoms with Gasteiger partial charge in [0.05, 0.1) is 14.6 Å². The molecule has 1 aromatic rings. The summed E-state index contributed by atoms with van der Waals surface area (Å²) in [5.41, 5.74) is 0.997. The number of fused-ring (bicyclic) bond motifs is 1. The Bertz CT molecular complexity index is 652. The van der Waals surface area contributed by atoms with E-state index in [9.17, 15) is 5.11 Å². The van der Waals surface area contributed by atoms with Crippen molar-refractivity contribution in [1.82, 2.24) is 0 Å². The van der Waals surface area contributed by atoms with E-state index in [-0.39, 0.29) is 0 Å². The summed E-state index contributed by atoms with van der Waals surface area (Å²) in [6, 6.07) is 9.75. The molecule has 28 heavy (non-hydrogen) atoms. The van der Waals surface area contributed by atoms with Crippen molar-refractivity contribution in [3.05, 3.63) is 35.9 Å². The molecule has 156 valence electrons. The van der Waals surface area contributed by atoms with Crippen LogP contribution in [-0.2, 0) is 35.0 Å². The third-order valence-corrected chi connectivity index (χ3v) is 5.16. The average Bonchev–Trinajstić information content (AvgIpc) is 3.19. The van der Waals surface area contributed by atoms with Gasteiger partial charge >= 0.3 is 0 Å².